The average Bonchev–Trinajstić information content (AvgIpc) is 3.00. The van der Waals surface area contributed by atoms with Crippen LogP contribution >= 0.6 is 21.6 Å². The fraction of sp³-hybridized carbons (Fsp3) is 0.312. The number of amides is 1. The molecule has 6 N–H and O–H groups in total. The van der Waals surface area contributed by atoms with Gasteiger partial charge >= 0.3 is 11.9 Å². The van der Waals surface area contributed by atoms with Crippen molar-refractivity contribution in [1.82, 2.24) is 10.3 Å². The van der Waals surface area contributed by atoms with Crippen LogP contribution in [0.1, 0.15) is 5.56 Å². The first kappa shape index (κ1) is 20.1. The quantitative estimate of drug-likeness (QED) is 0.296. The molecule has 0 bridgehead atoms. The van der Waals surface area contributed by atoms with E-state index in [0.29, 0.717) is 0 Å². The molecule has 0 aliphatic rings. The molecule has 140 valence electrons. The predicted molar refractivity (Wildman–Crippen MR) is 102 cm³/mol. The van der Waals surface area contributed by atoms with E-state index in [4.69, 9.17) is 10.8 Å². The number of aromatic amines is 1. The molecule has 10 heteroatoms. The molecule has 2 aromatic rings. The van der Waals surface area contributed by atoms with E-state index in [1.807, 2.05) is 24.3 Å². The molecule has 26 heavy (non-hydrogen) atoms. The molecule has 0 unspecified atom stereocenters. The molecule has 0 aliphatic heterocycles. The van der Waals surface area contributed by atoms with E-state index in [-0.39, 0.29) is 17.9 Å². The van der Waals surface area contributed by atoms with Crippen LogP contribution in [0.2, 0.25) is 0 Å². The minimum Gasteiger partial charge on any atom is -0.480 e. The lowest BCUT2D eigenvalue weighted by Crippen LogP contribution is -2.43. The molecule has 0 saturated carbocycles. The molecule has 2 rings (SSSR count). The van der Waals surface area contributed by atoms with Crippen LogP contribution in [-0.2, 0) is 20.8 Å². The normalized spacial score (nSPS) is 13.3. The van der Waals surface area contributed by atoms with E-state index in [1.165, 1.54) is 0 Å². The van der Waals surface area contributed by atoms with Crippen LogP contribution in [-0.4, -0.2) is 56.6 Å². The van der Waals surface area contributed by atoms with E-state index in [0.717, 1.165) is 38.1 Å². The van der Waals surface area contributed by atoms with Gasteiger partial charge in [-0.2, -0.15) is 0 Å². The smallest absolute Gasteiger partial charge is 0.327 e. The maximum Gasteiger partial charge on any atom is 0.327 e. The maximum absolute atomic E-state index is 12.2. The van der Waals surface area contributed by atoms with Crippen LogP contribution < -0.4 is 11.1 Å². The Bertz CT molecular complexity index is 795. The van der Waals surface area contributed by atoms with Crippen LogP contribution in [0.3, 0.4) is 0 Å². The first-order valence-corrected chi connectivity index (χ1v) is 10.2. The Morgan fingerprint density at radius 3 is 2.50 bits per heavy atom. The van der Waals surface area contributed by atoms with E-state index in [1.54, 1.807) is 6.20 Å². The largest absolute Gasteiger partial charge is 0.480 e. The first-order chi connectivity index (χ1) is 12.4. The highest BCUT2D eigenvalue weighted by molar-refractivity contribution is 8.76. The lowest BCUT2D eigenvalue weighted by molar-refractivity contribution is -0.141. The minimum atomic E-state index is -1.15. The molecule has 2 atom stereocenters. The predicted octanol–water partition coefficient (Wildman–Crippen LogP) is 1.07. The summed E-state index contributed by atoms with van der Waals surface area (Å²) in [5, 5.41) is 21.4. The zero-order chi connectivity index (χ0) is 19.1. The summed E-state index contributed by atoms with van der Waals surface area (Å²) in [6.45, 7) is 0. The lowest BCUT2D eigenvalue weighted by atomic mass is 10.1. The van der Waals surface area contributed by atoms with Crippen LogP contribution in [0.4, 0.5) is 0 Å². The number of rotatable bonds is 10. The molecule has 8 nitrogen and oxygen atoms in total. The molecule has 0 aliphatic carbocycles. The molecule has 0 spiro atoms. The van der Waals surface area contributed by atoms with Crippen molar-refractivity contribution in [3.05, 3.63) is 36.0 Å². The Labute approximate surface area is 157 Å². The number of nitrogens with two attached hydrogens (primary N) is 1. The van der Waals surface area contributed by atoms with E-state index < -0.39 is 29.9 Å². The van der Waals surface area contributed by atoms with Gasteiger partial charge < -0.3 is 26.2 Å². The molecule has 1 aromatic heterocycles. The number of aliphatic carboxylic acids is 2. The van der Waals surface area contributed by atoms with Gasteiger partial charge in [0.25, 0.3) is 0 Å². The van der Waals surface area contributed by atoms with Crippen LogP contribution in [0.15, 0.2) is 30.5 Å². The van der Waals surface area contributed by atoms with Gasteiger partial charge in [-0.3, -0.25) is 9.59 Å². The fourth-order valence-electron chi connectivity index (χ4n) is 2.18. The van der Waals surface area contributed by atoms with Crippen molar-refractivity contribution in [2.45, 2.75) is 18.5 Å². The van der Waals surface area contributed by atoms with E-state index in [2.05, 4.69) is 10.3 Å². The van der Waals surface area contributed by atoms with Crippen molar-refractivity contribution in [2.24, 2.45) is 5.73 Å². The summed E-state index contributed by atoms with van der Waals surface area (Å²) in [5.41, 5.74) is 7.07. The van der Waals surface area contributed by atoms with Gasteiger partial charge in [0, 0.05) is 28.6 Å². The minimum absolute atomic E-state index is 0.0650. The third-order valence-electron chi connectivity index (χ3n) is 3.54. The van der Waals surface area contributed by atoms with Crippen molar-refractivity contribution >= 4 is 50.3 Å². The van der Waals surface area contributed by atoms with Gasteiger partial charge in [-0.05, 0) is 11.6 Å². The number of para-hydroxylation sites is 1. The second kappa shape index (κ2) is 9.51. The second-order valence-electron chi connectivity index (χ2n) is 5.51. The number of carbonyl (C=O) groups is 3. The molecule has 0 saturated heterocycles. The average molecular weight is 397 g/mol. The maximum atomic E-state index is 12.2. The topological polar surface area (TPSA) is 146 Å². The van der Waals surface area contributed by atoms with Crippen LogP contribution in [0.25, 0.3) is 10.9 Å². The Hall–Kier alpha value is -2.17. The number of carboxylic acid groups (broad SMARTS) is 2. The lowest BCUT2D eigenvalue weighted by Gasteiger charge is -2.14. The third kappa shape index (κ3) is 5.68. The van der Waals surface area contributed by atoms with Crippen molar-refractivity contribution in [3.63, 3.8) is 0 Å². The summed E-state index contributed by atoms with van der Waals surface area (Å²) in [4.78, 5) is 37.2. The van der Waals surface area contributed by atoms with Crippen molar-refractivity contribution < 1.29 is 24.6 Å². The van der Waals surface area contributed by atoms with Crippen LogP contribution in [0, 0.1) is 0 Å². The Balaban J connectivity index is 1.85. The fourth-order valence-corrected chi connectivity index (χ4v) is 4.45. The number of aromatic nitrogens is 1. The number of hydrogen-bond acceptors (Lipinski definition) is 6. The summed E-state index contributed by atoms with van der Waals surface area (Å²) in [6, 6.07) is 5.47. The molecule has 0 radical (unpaired) electrons. The number of carboxylic acids is 2. The van der Waals surface area contributed by atoms with Gasteiger partial charge in [0.05, 0.1) is 6.42 Å². The number of H-pyrrole nitrogens is 1. The molecular formula is C16H19N3O5S2. The highest BCUT2D eigenvalue weighted by Gasteiger charge is 2.21. The molecule has 1 aromatic carbocycles. The highest BCUT2D eigenvalue weighted by atomic mass is 33.1. The number of benzene rings is 1. The van der Waals surface area contributed by atoms with Crippen molar-refractivity contribution in [1.29, 1.82) is 0 Å². The zero-order valence-electron chi connectivity index (χ0n) is 13.7. The zero-order valence-corrected chi connectivity index (χ0v) is 15.3. The van der Waals surface area contributed by atoms with Gasteiger partial charge in [-0.25, -0.2) is 4.79 Å². The Morgan fingerprint density at radius 1 is 1.12 bits per heavy atom. The van der Waals surface area contributed by atoms with Gasteiger partial charge in [0.1, 0.15) is 12.1 Å². The molecule has 1 heterocycles. The summed E-state index contributed by atoms with van der Waals surface area (Å²) in [6.07, 6.45) is 1.80. The summed E-state index contributed by atoms with van der Waals surface area (Å²) in [5.74, 6) is -2.40. The monoisotopic (exact) mass is 397 g/mol. The molecule has 0 fully saturated rings. The second-order valence-corrected chi connectivity index (χ2v) is 8.06. The first-order valence-electron chi connectivity index (χ1n) is 7.68. The summed E-state index contributed by atoms with van der Waals surface area (Å²) >= 11 is 0. The highest BCUT2D eigenvalue weighted by Crippen LogP contribution is 2.23. The van der Waals surface area contributed by atoms with Gasteiger partial charge in [0.2, 0.25) is 5.91 Å². The number of nitrogens with one attached hydrogen (secondary N) is 2. The van der Waals surface area contributed by atoms with Crippen molar-refractivity contribution in [3.8, 4) is 0 Å². The number of carbonyl (C=O) groups excluding carboxylic acids is 1. The molecular weight excluding hydrogens is 378 g/mol. The number of hydrogen-bond donors (Lipinski definition) is 5. The summed E-state index contributed by atoms with van der Waals surface area (Å²) < 4.78 is 0. The van der Waals surface area contributed by atoms with E-state index >= 15 is 0 Å². The van der Waals surface area contributed by atoms with E-state index in [9.17, 15) is 19.5 Å². The Morgan fingerprint density at radius 2 is 1.81 bits per heavy atom. The standard InChI is InChI=1S/C16H19N3O5S2/c17-11(15(21)22)7-25-26-8-13(16(23)24)19-14(20)5-9-6-18-12-4-2-1-3-10(9)12/h1-4,6,11,13,18H,5,7-8,17H2,(H,19,20)(H,21,22)(H,23,24)/t11-,13-/m0/s1. The third-order valence-corrected chi connectivity index (χ3v) is 5.99. The van der Waals surface area contributed by atoms with Crippen molar-refractivity contribution in [2.75, 3.05) is 11.5 Å². The van der Waals surface area contributed by atoms with Gasteiger partial charge in [-0.15, -0.1) is 0 Å². The summed E-state index contributed by atoms with van der Waals surface area (Å²) in [7, 11) is 2.32. The van der Waals surface area contributed by atoms with Gasteiger partial charge in [-0.1, -0.05) is 39.8 Å². The SMILES string of the molecule is N[C@@H](CSSC[C@H](NC(=O)Cc1c[nH]c2ccccc12)C(=O)O)C(=O)O. The number of fused-ring (bicyclic) bond motifs is 1. The van der Waals surface area contributed by atoms with Crippen LogP contribution in [0.5, 0.6) is 0 Å². The Kier molecular flexibility index (Phi) is 7.37. The van der Waals surface area contributed by atoms with Gasteiger partial charge in [0.15, 0.2) is 0 Å². The molecule has 1 amide bonds.